The van der Waals surface area contributed by atoms with E-state index in [2.05, 4.69) is 12.2 Å². The fourth-order valence-electron chi connectivity index (χ4n) is 2.71. The summed E-state index contributed by atoms with van der Waals surface area (Å²) in [6.07, 6.45) is 5.12. The minimum atomic E-state index is -0.393. The molecule has 2 N–H and O–H groups in total. The third kappa shape index (κ3) is 6.23. The van der Waals surface area contributed by atoms with E-state index in [0.29, 0.717) is 18.9 Å². The van der Waals surface area contributed by atoms with Crippen molar-refractivity contribution < 1.29 is 14.6 Å². The van der Waals surface area contributed by atoms with Gasteiger partial charge in [-0.1, -0.05) is 33.6 Å². The molecule has 1 fully saturated rings. The van der Waals surface area contributed by atoms with Gasteiger partial charge in [-0.15, -0.1) is 0 Å². The number of rotatable bonds is 7. The van der Waals surface area contributed by atoms with Crippen molar-refractivity contribution in [3.05, 3.63) is 0 Å². The summed E-state index contributed by atoms with van der Waals surface area (Å²) in [5, 5.41) is 11.9. The van der Waals surface area contributed by atoms with Gasteiger partial charge in [-0.3, -0.25) is 4.79 Å². The summed E-state index contributed by atoms with van der Waals surface area (Å²) in [7, 11) is 0. The zero-order valence-electron chi connectivity index (χ0n) is 13.4. The van der Waals surface area contributed by atoms with Gasteiger partial charge >= 0.3 is 0 Å². The second-order valence-electron chi connectivity index (χ2n) is 7.03. The van der Waals surface area contributed by atoms with E-state index in [1.165, 1.54) is 12.8 Å². The molecule has 4 nitrogen and oxygen atoms in total. The van der Waals surface area contributed by atoms with Gasteiger partial charge in [0.2, 0.25) is 5.91 Å². The van der Waals surface area contributed by atoms with Crippen LogP contribution in [0.5, 0.6) is 0 Å². The largest absolute Gasteiger partial charge is 0.396 e. The number of hydrogen-bond acceptors (Lipinski definition) is 3. The Morgan fingerprint density at radius 1 is 1.45 bits per heavy atom. The normalized spacial score (nSPS) is 25.2. The first kappa shape index (κ1) is 17.4. The molecule has 0 aromatic rings. The predicted molar refractivity (Wildman–Crippen MR) is 80.5 cm³/mol. The van der Waals surface area contributed by atoms with E-state index in [4.69, 9.17) is 9.84 Å². The van der Waals surface area contributed by atoms with Crippen LogP contribution in [0.3, 0.4) is 0 Å². The number of carbonyl (C=O) groups excluding carboxylic acids is 1. The van der Waals surface area contributed by atoms with Crippen LogP contribution < -0.4 is 5.32 Å². The number of ether oxygens (including phenoxy) is 1. The van der Waals surface area contributed by atoms with Gasteiger partial charge in [0.25, 0.3) is 0 Å². The molecule has 0 aliphatic heterocycles. The third-order valence-corrected chi connectivity index (χ3v) is 4.18. The monoisotopic (exact) mass is 285 g/mol. The van der Waals surface area contributed by atoms with Crippen molar-refractivity contribution in [2.45, 2.75) is 72.0 Å². The van der Waals surface area contributed by atoms with Gasteiger partial charge in [-0.05, 0) is 37.5 Å². The molecule has 4 heteroatoms. The van der Waals surface area contributed by atoms with E-state index in [-0.39, 0.29) is 24.0 Å². The lowest BCUT2D eigenvalue weighted by Crippen LogP contribution is -2.42. The van der Waals surface area contributed by atoms with Crippen molar-refractivity contribution in [2.75, 3.05) is 13.2 Å². The van der Waals surface area contributed by atoms with Gasteiger partial charge in [-0.2, -0.15) is 0 Å². The van der Waals surface area contributed by atoms with Crippen LogP contribution in [0, 0.1) is 11.3 Å². The fraction of sp³-hybridized carbons (Fsp3) is 0.938. The van der Waals surface area contributed by atoms with Crippen molar-refractivity contribution in [3.63, 3.8) is 0 Å². The van der Waals surface area contributed by atoms with Gasteiger partial charge in [0.05, 0.1) is 6.10 Å². The smallest absolute Gasteiger partial charge is 0.248 e. The summed E-state index contributed by atoms with van der Waals surface area (Å²) in [5.74, 6) is 0.654. The van der Waals surface area contributed by atoms with Crippen molar-refractivity contribution in [3.8, 4) is 0 Å². The molecule has 3 atom stereocenters. The number of amides is 1. The van der Waals surface area contributed by atoms with Gasteiger partial charge in [0, 0.05) is 13.2 Å². The lowest BCUT2D eigenvalue weighted by atomic mass is 9.88. The van der Waals surface area contributed by atoms with Crippen LogP contribution in [-0.4, -0.2) is 36.4 Å². The average molecular weight is 285 g/mol. The first-order valence-corrected chi connectivity index (χ1v) is 7.88. The van der Waals surface area contributed by atoms with E-state index >= 15 is 0 Å². The van der Waals surface area contributed by atoms with Gasteiger partial charge in [0.15, 0.2) is 0 Å². The second kappa shape index (κ2) is 7.99. The Kier molecular flexibility index (Phi) is 6.96. The maximum Gasteiger partial charge on any atom is 0.248 e. The molecule has 0 bridgehead atoms. The molecule has 0 spiro atoms. The van der Waals surface area contributed by atoms with Crippen LogP contribution in [0.25, 0.3) is 0 Å². The summed E-state index contributed by atoms with van der Waals surface area (Å²) < 4.78 is 5.89. The maximum absolute atomic E-state index is 12.1. The molecule has 1 amide bonds. The highest BCUT2D eigenvalue weighted by Gasteiger charge is 2.25. The van der Waals surface area contributed by atoms with Crippen LogP contribution in [0.2, 0.25) is 0 Å². The topological polar surface area (TPSA) is 58.6 Å². The quantitative estimate of drug-likeness (QED) is 0.755. The van der Waals surface area contributed by atoms with Crippen LogP contribution in [-0.2, 0) is 9.53 Å². The SMILES string of the molecule is C[C@@H]1CCC[C@@H](O[C@H](C)C(=O)NCC(C)(C)CCO)C1. The Hall–Kier alpha value is -0.610. The Balaban J connectivity index is 2.31. The predicted octanol–water partition coefficient (Wildman–Crippen LogP) is 2.50. The summed E-state index contributed by atoms with van der Waals surface area (Å²) >= 11 is 0. The molecule has 1 saturated carbocycles. The fourth-order valence-corrected chi connectivity index (χ4v) is 2.71. The van der Waals surface area contributed by atoms with Crippen LogP contribution in [0.4, 0.5) is 0 Å². The number of aliphatic hydroxyl groups excluding tert-OH is 1. The molecule has 118 valence electrons. The molecule has 1 rings (SSSR count). The number of nitrogens with one attached hydrogen (secondary N) is 1. The molecule has 0 aromatic heterocycles. The van der Waals surface area contributed by atoms with E-state index < -0.39 is 6.10 Å². The van der Waals surface area contributed by atoms with Gasteiger partial charge in [-0.25, -0.2) is 0 Å². The van der Waals surface area contributed by atoms with Crippen molar-refractivity contribution in [2.24, 2.45) is 11.3 Å². The molecular weight excluding hydrogens is 254 g/mol. The molecule has 0 radical (unpaired) electrons. The minimum Gasteiger partial charge on any atom is -0.396 e. The van der Waals surface area contributed by atoms with E-state index in [1.54, 1.807) is 0 Å². The molecule has 1 aliphatic carbocycles. The number of carbonyl (C=O) groups is 1. The molecule has 0 heterocycles. The van der Waals surface area contributed by atoms with E-state index in [9.17, 15) is 4.79 Å². The lowest BCUT2D eigenvalue weighted by molar-refractivity contribution is -0.137. The molecule has 0 saturated heterocycles. The first-order chi connectivity index (χ1) is 9.34. The summed E-state index contributed by atoms with van der Waals surface area (Å²) in [5.41, 5.74) is -0.0799. The summed E-state index contributed by atoms with van der Waals surface area (Å²) in [6, 6.07) is 0. The average Bonchev–Trinajstić information content (AvgIpc) is 2.36. The summed E-state index contributed by atoms with van der Waals surface area (Å²) in [6.45, 7) is 8.87. The zero-order chi connectivity index (χ0) is 15.2. The number of aliphatic hydroxyl groups is 1. The Morgan fingerprint density at radius 3 is 2.75 bits per heavy atom. The van der Waals surface area contributed by atoms with Gasteiger partial charge in [0.1, 0.15) is 6.10 Å². The highest BCUT2D eigenvalue weighted by molar-refractivity contribution is 5.80. The van der Waals surface area contributed by atoms with E-state index in [0.717, 1.165) is 12.8 Å². The maximum atomic E-state index is 12.1. The highest BCUT2D eigenvalue weighted by atomic mass is 16.5. The second-order valence-corrected chi connectivity index (χ2v) is 7.03. The minimum absolute atomic E-state index is 0.0470. The molecule has 0 aromatic carbocycles. The van der Waals surface area contributed by atoms with Crippen LogP contribution in [0.1, 0.15) is 59.8 Å². The Bertz CT molecular complexity index is 304. The lowest BCUT2D eigenvalue weighted by Gasteiger charge is -2.30. The standard InChI is InChI=1S/C16H31NO3/c1-12-6-5-7-14(10-12)20-13(2)15(19)17-11-16(3,4)8-9-18/h12-14,18H,5-11H2,1-4H3,(H,17,19)/t12-,13-,14-/m1/s1. The summed E-state index contributed by atoms with van der Waals surface area (Å²) in [4.78, 5) is 12.1. The van der Waals surface area contributed by atoms with Crippen molar-refractivity contribution in [1.82, 2.24) is 5.32 Å². The van der Waals surface area contributed by atoms with Gasteiger partial charge < -0.3 is 15.2 Å². The van der Waals surface area contributed by atoms with Crippen molar-refractivity contribution in [1.29, 1.82) is 0 Å². The third-order valence-electron chi connectivity index (χ3n) is 4.18. The Labute approximate surface area is 123 Å². The number of hydrogen-bond donors (Lipinski definition) is 2. The zero-order valence-corrected chi connectivity index (χ0v) is 13.4. The molecule has 1 aliphatic rings. The van der Waals surface area contributed by atoms with Crippen LogP contribution >= 0.6 is 0 Å². The molecule has 0 unspecified atom stereocenters. The molecule has 20 heavy (non-hydrogen) atoms. The Morgan fingerprint density at radius 2 is 2.15 bits per heavy atom. The molecular formula is C16H31NO3. The van der Waals surface area contributed by atoms with E-state index in [1.807, 2.05) is 20.8 Å². The highest BCUT2D eigenvalue weighted by Crippen LogP contribution is 2.26. The first-order valence-electron chi connectivity index (χ1n) is 7.88. The van der Waals surface area contributed by atoms with Crippen LogP contribution in [0.15, 0.2) is 0 Å². The van der Waals surface area contributed by atoms with Crippen molar-refractivity contribution >= 4 is 5.91 Å².